The van der Waals surface area contributed by atoms with E-state index in [1.54, 1.807) is 0 Å². The second-order valence-corrected chi connectivity index (χ2v) is 36.6. The van der Waals surface area contributed by atoms with E-state index in [-0.39, 0.29) is 25.7 Å². The zero-order chi connectivity index (χ0) is 80.8. The molecule has 0 aromatic carbocycles. The number of aliphatic hydroxyl groups is 1. The predicted octanol–water partition coefficient (Wildman–Crippen LogP) is 28.0. The Kier molecular flexibility index (Phi) is 79.4. The van der Waals surface area contributed by atoms with Gasteiger partial charge in [-0.3, -0.25) is 37.3 Å². The van der Waals surface area contributed by atoms with Crippen molar-refractivity contribution in [1.29, 1.82) is 0 Å². The third kappa shape index (κ3) is 81.2. The highest BCUT2D eigenvalue weighted by Crippen LogP contribution is 2.45. The Balaban J connectivity index is 5.20. The molecule has 0 saturated heterocycles. The van der Waals surface area contributed by atoms with Crippen LogP contribution in [0.2, 0.25) is 0 Å². The summed E-state index contributed by atoms with van der Waals surface area (Å²) in [6.45, 7) is 12.1. The van der Waals surface area contributed by atoms with Crippen molar-refractivity contribution in [1.82, 2.24) is 0 Å². The second kappa shape index (κ2) is 80.8. The van der Waals surface area contributed by atoms with Gasteiger partial charge in [-0.2, -0.15) is 0 Å². The van der Waals surface area contributed by atoms with Gasteiger partial charge in [0.05, 0.1) is 26.4 Å². The van der Waals surface area contributed by atoms with Crippen LogP contribution in [-0.2, 0) is 65.4 Å². The molecule has 0 rings (SSSR count). The molecular weight excluding hydrogens is 1430 g/mol. The van der Waals surface area contributed by atoms with Gasteiger partial charge >= 0.3 is 39.5 Å². The van der Waals surface area contributed by atoms with Crippen molar-refractivity contribution in [2.45, 2.75) is 503 Å². The number of hydrogen-bond donors (Lipinski definition) is 3. The minimum Gasteiger partial charge on any atom is -0.462 e. The summed E-state index contributed by atoms with van der Waals surface area (Å²) in [4.78, 5) is 73.3. The van der Waals surface area contributed by atoms with Gasteiger partial charge in [0, 0.05) is 25.7 Å². The summed E-state index contributed by atoms with van der Waals surface area (Å²) < 4.78 is 69.0. The first-order chi connectivity index (χ1) is 53.3. The first-order valence-electron chi connectivity index (χ1n) is 46.9. The van der Waals surface area contributed by atoms with Gasteiger partial charge < -0.3 is 33.8 Å². The molecule has 654 valence electrons. The van der Waals surface area contributed by atoms with E-state index in [0.717, 1.165) is 108 Å². The van der Waals surface area contributed by atoms with Gasteiger partial charge in [0.1, 0.15) is 19.3 Å². The number of ether oxygens (including phenoxy) is 4. The van der Waals surface area contributed by atoms with Crippen molar-refractivity contribution >= 4 is 39.5 Å². The molecule has 19 heteroatoms. The number of phosphoric acid groups is 2. The molecule has 0 aromatic rings. The Bertz CT molecular complexity index is 2120. The molecule has 0 amide bonds. The fourth-order valence-corrected chi connectivity index (χ4v) is 15.8. The van der Waals surface area contributed by atoms with Crippen molar-refractivity contribution < 1.29 is 80.2 Å². The Hall–Kier alpha value is -1.94. The van der Waals surface area contributed by atoms with Gasteiger partial charge in [0.25, 0.3) is 0 Å². The fraction of sp³-hybridized carbons (Fsp3) is 0.956. The van der Waals surface area contributed by atoms with Crippen LogP contribution in [0.15, 0.2) is 0 Å². The van der Waals surface area contributed by atoms with Crippen LogP contribution in [0.25, 0.3) is 0 Å². The average Bonchev–Trinajstić information content (AvgIpc) is 0.898. The minimum absolute atomic E-state index is 0.108. The molecule has 0 saturated carbocycles. The van der Waals surface area contributed by atoms with Crippen LogP contribution in [0.3, 0.4) is 0 Å². The molecule has 0 aromatic heterocycles. The van der Waals surface area contributed by atoms with Crippen LogP contribution < -0.4 is 0 Å². The first-order valence-corrected chi connectivity index (χ1v) is 49.9. The summed E-state index contributed by atoms with van der Waals surface area (Å²) in [6.07, 6.45) is 73.6. The monoisotopic (exact) mass is 1610 g/mol. The molecule has 0 heterocycles. The Labute approximate surface area is 677 Å². The quantitative estimate of drug-likeness (QED) is 0.0222. The van der Waals surface area contributed by atoms with Crippen molar-refractivity contribution in [2.24, 2.45) is 17.8 Å². The largest absolute Gasteiger partial charge is 0.472 e. The normalized spacial score (nSPS) is 14.3. The average molecular weight is 1610 g/mol. The molecule has 0 spiro atoms. The molecule has 0 aliphatic carbocycles. The summed E-state index contributed by atoms with van der Waals surface area (Å²) in [6, 6.07) is 0. The maximum absolute atomic E-state index is 13.2. The van der Waals surface area contributed by atoms with E-state index in [1.807, 2.05) is 0 Å². The summed E-state index contributed by atoms with van der Waals surface area (Å²) in [5.41, 5.74) is 0. The molecule has 3 N–H and O–H groups in total. The lowest BCUT2D eigenvalue weighted by Crippen LogP contribution is -2.30. The van der Waals surface area contributed by atoms with Crippen LogP contribution >= 0.6 is 15.6 Å². The van der Waals surface area contributed by atoms with E-state index < -0.39 is 97.5 Å². The van der Waals surface area contributed by atoms with E-state index in [1.165, 1.54) is 295 Å². The number of aliphatic hydroxyl groups excluding tert-OH is 1. The van der Waals surface area contributed by atoms with E-state index in [9.17, 15) is 43.2 Å². The number of carbonyl (C=O) groups is 4. The van der Waals surface area contributed by atoms with Gasteiger partial charge in [-0.05, 0) is 43.4 Å². The molecule has 4 unspecified atom stereocenters. The molecule has 0 radical (unpaired) electrons. The van der Waals surface area contributed by atoms with Gasteiger partial charge in [-0.25, -0.2) is 9.13 Å². The van der Waals surface area contributed by atoms with Crippen LogP contribution in [0.4, 0.5) is 0 Å². The van der Waals surface area contributed by atoms with Gasteiger partial charge in [0.2, 0.25) is 0 Å². The Morgan fingerprint density at radius 2 is 0.464 bits per heavy atom. The molecule has 110 heavy (non-hydrogen) atoms. The topological polar surface area (TPSA) is 237 Å². The molecule has 0 aliphatic heterocycles. The number of phosphoric ester groups is 2. The van der Waals surface area contributed by atoms with E-state index in [2.05, 4.69) is 48.5 Å². The third-order valence-corrected chi connectivity index (χ3v) is 24.0. The van der Waals surface area contributed by atoms with Crippen LogP contribution in [0.5, 0.6) is 0 Å². The lowest BCUT2D eigenvalue weighted by atomic mass is 9.99. The number of rotatable bonds is 89. The SMILES string of the molecule is CCCCCCCCCCCC(=O)OC[C@H](COP(=O)(O)OC[C@H](O)COP(=O)(O)OC[C@@H](COC(=O)CCCCCCCCCCCCCCCCCCCCC(C)C)OC(=O)CCCCCCCCCCCCCCCCCCCCC(C)CC)OC(=O)CCCCCCCCCCCCCCCCC(C)CC. The molecule has 0 bridgehead atoms. The highest BCUT2D eigenvalue weighted by Gasteiger charge is 2.31. The minimum atomic E-state index is -4.97. The maximum atomic E-state index is 13.2. The van der Waals surface area contributed by atoms with Crippen LogP contribution in [0.1, 0.15) is 485 Å². The molecule has 0 fully saturated rings. The number of hydrogen-bond acceptors (Lipinski definition) is 15. The predicted molar refractivity (Wildman–Crippen MR) is 455 cm³/mol. The van der Waals surface area contributed by atoms with Gasteiger partial charge in [-0.1, -0.05) is 434 Å². The van der Waals surface area contributed by atoms with Crippen molar-refractivity contribution in [3.63, 3.8) is 0 Å². The maximum Gasteiger partial charge on any atom is 0.472 e. The van der Waals surface area contributed by atoms with Crippen LogP contribution in [0, 0.1) is 17.8 Å². The Morgan fingerprint density at radius 1 is 0.264 bits per heavy atom. The zero-order valence-electron chi connectivity index (χ0n) is 72.7. The lowest BCUT2D eigenvalue weighted by Gasteiger charge is -2.21. The van der Waals surface area contributed by atoms with Crippen molar-refractivity contribution in [2.75, 3.05) is 39.6 Å². The fourth-order valence-electron chi connectivity index (χ4n) is 14.2. The van der Waals surface area contributed by atoms with E-state index in [4.69, 9.17) is 37.0 Å². The molecule has 7 atom stereocenters. The van der Waals surface area contributed by atoms with E-state index in [0.29, 0.717) is 25.7 Å². The lowest BCUT2D eigenvalue weighted by molar-refractivity contribution is -0.161. The summed E-state index contributed by atoms with van der Waals surface area (Å²) in [5.74, 6) is 0.441. The Morgan fingerprint density at radius 3 is 0.691 bits per heavy atom. The van der Waals surface area contributed by atoms with Crippen molar-refractivity contribution in [3.8, 4) is 0 Å². The summed E-state index contributed by atoms with van der Waals surface area (Å²) in [7, 11) is -9.93. The van der Waals surface area contributed by atoms with Gasteiger partial charge in [-0.15, -0.1) is 0 Å². The van der Waals surface area contributed by atoms with Crippen molar-refractivity contribution in [3.05, 3.63) is 0 Å². The second-order valence-electron chi connectivity index (χ2n) is 33.7. The highest BCUT2D eigenvalue weighted by molar-refractivity contribution is 7.47. The summed E-state index contributed by atoms with van der Waals surface area (Å²) in [5, 5.41) is 10.7. The number of esters is 4. The smallest absolute Gasteiger partial charge is 0.462 e. The van der Waals surface area contributed by atoms with Gasteiger partial charge in [0.15, 0.2) is 12.2 Å². The van der Waals surface area contributed by atoms with E-state index >= 15 is 0 Å². The molecule has 0 aliphatic rings. The standard InChI is InChI=1S/C91H178O17P2/c1-8-11-12-13-14-41-51-58-65-72-88(93)101-78-86(107-90(95)75-68-61-54-47-40-34-28-27-31-37-44-50-57-64-71-84(7)10-3)80-105-109(97,98)103-76-85(92)77-104-110(99,100)106-81-87(79-102-89(94)73-66-59-52-45-38-32-25-21-17-15-19-23-29-35-42-48-55-62-69-82(4)5)108-91(96)74-67-60-53-46-39-33-26-22-18-16-20-24-30-36-43-49-56-63-70-83(6)9-2/h82-87,92H,8-81H2,1-7H3,(H,97,98)(H,99,100)/t83?,84?,85-,86+,87+/m0/s1. The zero-order valence-corrected chi connectivity index (χ0v) is 74.5. The molecule has 17 nitrogen and oxygen atoms in total. The molecular formula is C91H178O17P2. The number of unbranched alkanes of at least 4 members (excludes halogenated alkanes) is 55. The van der Waals surface area contributed by atoms with Crippen LogP contribution in [-0.4, -0.2) is 96.7 Å². The highest BCUT2D eigenvalue weighted by atomic mass is 31.2. The summed E-state index contributed by atoms with van der Waals surface area (Å²) >= 11 is 0. The number of carbonyl (C=O) groups excluding carboxylic acids is 4. The first kappa shape index (κ1) is 108. The third-order valence-electron chi connectivity index (χ3n) is 22.1.